The summed E-state index contributed by atoms with van der Waals surface area (Å²) in [5.74, 6) is 0.468. The Balaban J connectivity index is 1.85. The van der Waals surface area contributed by atoms with Gasteiger partial charge in [0.1, 0.15) is 0 Å². The van der Waals surface area contributed by atoms with Crippen LogP contribution in [-0.2, 0) is 6.42 Å². The maximum atomic E-state index is 4.73. The fourth-order valence-corrected chi connectivity index (χ4v) is 3.50. The molecule has 0 fully saturated rings. The summed E-state index contributed by atoms with van der Waals surface area (Å²) in [6.45, 7) is 6.34. The van der Waals surface area contributed by atoms with E-state index in [-0.39, 0.29) is 0 Å². The molecule has 0 spiro atoms. The lowest BCUT2D eigenvalue weighted by atomic mass is 9.91. The number of nitrogens with one attached hydrogen (secondary N) is 1. The van der Waals surface area contributed by atoms with Crippen molar-refractivity contribution in [3.63, 3.8) is 0 Å². The lowest BCUT2D eigenvalue weighted by Crippen LogP contribution is -2.23. The lowest BCUT2D eigenvalue weighted by molar-refractivity contribution is 0.588. The molecule has 0 radical (unpaired) electrons. The summed E-state index contributed by atoms with van der Waals surface area (Å²) < 4.78 is 2.11. The van der Waals surface area contributed by atoms with Crippen LogP contribution in [0.1, 0.15) is 29.7 Å². The predicted molar refractivity (Wildman–Crippen MR) is 89.2 cm³/mol. The van der Waals surface area contributed by atoms with Gasteiger partial charge in [-0.05, 0) is 31.0 Å². The van der Waals surface area contributed by atoms with E-state index in [0.29, 0.717) is 5.92 Å². The molecule has 1 aromatic carbocycles. The van der Waals surface area contributed by atoms with Crippen molar-refractivity contribution < 1.29 is 0 Å². The molecule has 0 bridgehead atoms. The van der Waals surface area contributed by atoms with Crippen LogP contribution in [-0.4, -0.2) is 22.5 Å². The molecule has 1 N–H and O–H groups in total. The summed E-state index contributed by atoms with van der Waals surface area (Å²) in [6.07, 6.45) is 5.21. The molecule has 110 valence electrons. The molecule has 2 heterocycles. The summed E-state index contributed by atoms with van der Waals surface area (Å²) in [5.41, 5.74) is 3.96. The summed E-state index contributed by atoms with van der Waals surface area (Å²) >= 11 is 1.69. The zero-order chi connectivity index (χ0) is 14.7. The van der Waals surface area contributed by atoms with E-state index >= 15 is 0 Å². The van der Waals surface area contributed by atoms with E-state index in [2.05, 4.69) is 65.6 Å². The lowest BCUT2D eigenvalue weighted by Gasteiger charge is -2.19. The average molecular weight is 299 g/mol. The van der Waals surface area contributed by atoms with Crippen LogP contribution in [0.2, 0.25) is 0 Å². The minimum absolute atomic E-state index is 0.468. The fraction of sp³-hybridized carbons (Fsp3) is 0.353. The number of likely N-dealkylation sites (N-methyl/N-ethyl adjacent to an activating group) is 1. The van der Waals surface area contributed by atoms with Gasteiger partial charge in [-0.15, -0.1) is 11.3 Å². The largest absolute Gasteiger partial charge is 0.316 e. The second kappa shape index (κ2) is 6.41. The standard InChI is InChI=1S/C17H21N3S/c1-3-18-11-14(16-7-5-4-6-13(16)2)10-15-12-20-8-9-21-17(20)19-15/h4-9,12,14,18H,3,10-11H2,1-2H3. The van der Waals surface area contributed by atoms with E-state index in [1.165, 1.54) is 16.8 Å². The van der Waals surface area contributed by atoms with Crippen LogP contribution in [0.5, 0.6) is 0 Å². The first-order valence-corrected chi connectivity index (χ1v) is 8.33. The smallest absolute Gasteiger partial charge is 0.193 e. The molecule has 1 unspecified atom stereocenters. The Morgan fingerprint density at radius 3 is 2.95 bits per heavy atom. The first-order valence-electron chi connectivity index (χ1n) is 7.45. The number of rotatable bonds is 6. The molecule has 3 nitrogen and oxygen atoms in total. The monoisotopic (exact) mass is 299 g/mol. The van der Waals surface area contributed by atoms with Gasteiger partial charge in [-0.3, -0.25) is 4.40 Å². The quantitative estimate of drug-likeness (QED) is 0.753. The normalized spacial score (nSPS) is 12.9. The van der Waals surface area contributed by atoms with Gasteiger partial charge < -0.3 is 5.32 Å². The number of nitrogens with zero attached hydrogens (tertiary/aromatic N) is 2. The van der Waals surface area contributed by atoms with Gasteiger partial charge in [-0.2, -0.15) is 0 Å². The molecule has 3 aromatic rings. The molecule has 0 saturated heterocycles. The Morgan fingerprint density at radius 2 is 2.19 bits per heavy atom. The van der Waals surface area contributed by atoms with Crippen molar-refractivity contribution in [1.82, 2.24) is 14.7 Å². The van der Waals surface area contributed by atoms with Gasteiger partial charge in [-0.1, -0.05) is 31.2 Å². The Labute approximate surface area is 129 Å². The predicted octanol–water partition coefficient (Wildman–Crippen LogP) is 3.64. The van der Waals surface area contributed by atoms with E-state index in [4.69, 9.17) is 4.98 Å². The van der Waals surface area contributed by atoms with E-state index in [1.54, 1.807) is 11.3 Å². The Morgan fingerprint density at radius 1 is 1.33 bits per heavy atom. The van der Waals surface area contributed by atoms with Crippen LogP contribution in [0.25, 0.3) is 4.96 Å². The molecule has 3 rings (SSSR count). The highest BCUT2D eigenvalue weighted by Gasteiger charge is 2.16. The molecule has 1 atom stereocenters. The molecule has 2 aromatic heterocycles. The number of hydrogen-bond donors (Lipinski definition) is 1. The molecule has 0 aliphatic carbocycles. The van der Waals surface area contributed by atoms with Crippen molar-refractivity contribution in [3.8, 4) is 0 Å². The maximum Gasteiger partial charge on any atom is 0.193 e. The van der Waals surface area contributed by atoms with Crippen LogP contribution in [0, 0.1) is 6.92 Å². The highest BCUT2D eigenvalue weighted by atomic mass is 32.1. The van der Waals surface area contributed by atoms with Gasteiger partial charge in [-0.25, -0.2) is 4.98 Å². The first kappa shape index (κ1) is 14.3. The number of benzene rings is 1. The van der Waals surface area contributed by atoms with Gasteiger partial charge in [0.15, 0.2) is 4.96 Å². The molecule has 0 amide bonds. The van der Waals surface area contributed by atoms with Crippen LogP contribution >= 0.6 is 11.3 Å². The van der Waals surface area contributed by atoms with Gasteiger partial charge in [0.2, 0.25) is 0 Å². The molecule has 0 saturated carbocycles. The van der Waals surface area contributed by atoms with E-state index in [9.17, 15) is 0 Å². The summed E-state index contributed by atoms with van der Waals surface area (Å²) in [6, 6.07) is 8.68. The number of imidazole rings is 1. The zero-order valence-electron chi connectivity index (χ0n) is 12.5. The van der Waals surface area contributed by atoms with Gasteiger partial charge in [0.05, 0.1) is 5.69 Å². The summed E-state index contributed by atoms with van der Waals surface area (Å²) in [7, 11) is 0. The first-order chi connectivity index (χ1) is 10.3. The molecule has 0 aliphatic rings. The number of aromatic nitrogens is 2. The Kier molecular flexibility index (Phi) is 4.36. The highest BCUT2D eigenvalue weighted by Crippen LogP contribution is 2.24. The zero-order valence-corrected chi connectivity index (χ0v) is 13.4. The molecule has 0 aliphatic heterocycles. The third kappa shape index (κ3) is 3.17. The second-order valence-corrected chi connectivity index (χ2v) is 6.26. The number of aryl methyl sites for hydroxylation is 1. The van der Waals surface area contributed by atoms with E-state index in [0.717, 1.165) is 24.5 Å². The molecule has 4 heteroatoms. The van der Waals surface area contributed by atoms with Gasteiger partial charge >= 0.3 is 0 Å². The van der Waals surface area contributed by atoms with Crippen LogP contribution in [0.15, 0.2) is 42.0 Å². The van der Waals surface area contributed by atoms with Crippen molar-refractivity contribution in [2.75, 3.05) is 13.1 Å². The average Bonchev–Trinajstić information content (AvgIpc) is 3.05. The highest BCUT2D eigenvalue weighted by molar-refractivity contribution is 7.15. The second-order valence-electron chi connectivity index (χ2n) is 5.39. The van der Waals surface area contributed by atoms with E-state index < -0.39 is 0 Å². The van der Waals surface area contributed by atoms with Crippen LogP contribution < -0.4 is 5.32 Å². The molecule has 21 heavy (non-hydrogen) atoms. The molecular weight excluding hydrogens is 278 g/mol. The SMILES string of the molecule is CCNCC(Cc1cn2ccsc2n1)c1ccccc1C. The number of fused-ring (bicyclic) bond motifs is 1. The van der Waals surface area contributed by atoms with Gasteiger partial charge in [0, 0.05) is 30.2 Å². The summed E-state index contributed by atoms with van der Waals surface area (Å²) in [5, 5.41) is 5.56. The minimum atomic E-state index is 0.468. The Hall–Kier alpha value is -1.65. The van der Waals surface area contributed by atoms with Crippen molar-refractivity contribution in [2.45, 2.75) is 26.2 Å². The van der Waals surface area contributed by atoms with E-state index in [1.807, 2.05) is 0 Å². The maximum absolute atomic E-state index is 4.73. The minimum Gasteiger partial charge on any atom is -0.316 e. The topological polar surface area (TPSA) is 29.3 Å². The number of hydrogen-bond acceptors (Lipinski definition) is 3. The van der Waals surface area contributed by atoms with Crippen molar-refractivity contribution >= 4 is 16.3 Å². The van der Waals surface area contributed by atoms with Crippen LogP contribution in [0.3, 0.4) is 0 Å². The van der Waals surface area contributed by atoms with Crippen molar-refractivity contribution in [2.24, 2.45) is 0 Å². The molecular formula is C17H21N3S. The van der Waals surface area contributed by atoms with Crippen molar-refractivity contribution in [1.29, 1.82) is 0 Å². The van der Waals surface area contributed by atoms with Crippen LogP contribution in [0.4, 0.5) is 0 Å². The third-order valence-electron chi connectivity index (χ3n) is 3.87. The fourth-order valence-electron chi connectivity index (χ4n) is 2.78. The van der Waals surface area contributed by atoms with Crippen molar-refractivity contribution in [3.05, 3.63) is 58.9 Å². The van der Waals surface area contributed by atoms with Gasteiger partial charge in [0.25, 0.3) is 0 Å². The Bertz CT molecular complexity index is 685. The number of thiazole rings is 1. The summed E-state index contributed by atoms with van der Waals surface area (Å²) in [4.78, 5) is 5.81. The third-order valence-corrected chi connectivity index (χ3v) is 4.64.